The monoisotopic (exact) mass is 274 g/mol. The Morgan fingerprint density at radius 1 is 1.42 bits per heavy atom. The fraction of sp³-hybridized carbons (Fsp3) is 0.286. The highest BCUT2D eigenvalue weighted by atomic mass is 32.1. The number of hydrogen-bond donors (Lipinski definition) is 1. The first-order valence-corrected chi connectivity index (χ1v) is 7.03. The maximum atomic E-state index is 12.2. The van der Waals surface area contributed by atoms with Crippen molar-refractivity contribution in [3.8, 4) is 5.75 Å². The Morgan fingerprint density at radius 3 is 2.89 bits per heavy atom. The fourth-order valence-corrected chi connectivity index (χ4v) is 2.39. The van der Waals surface area contributed by atoms with Crippen molar-refractivity contribution < 1.29 is 9.53 Å². The van der Waals surface area contributed by atoms with Crippen LogP contribution in [0.4, 0.5) is 5.00 Å². The van der Waals surface area contributed by atoms with Crippen molar-refractivity contribution in [2.75, 3.05) is 5.32 Å². The van der Waals surface area contributed by atoms with Crippen molar-refractivity contribution >= 4 is 22.2 Å². The summed E-state index contributed by atoms with van der Waals surface area (Å²) < 4.78 is 5.75. The number of para-hydroxylation sites is 1. The van der Waals surface area contributed by atoms with Crippen LogP contribution in [0, 0.1) is 6.92 Å². The minimum Gasteiger partial charge on any atom is -0.490 e. The molecule has 0 atom stereocenters. The molecular weight excluding hydrogens is 260 g/mol. The van der Waals surface area contributed by atoms with Gasteiger partial charge in [-0.1, -0.05) is 12.1 Å². The van der Waals surface area contributed by atoms with E-state index in [1.165, 1.54) is 11.3 Å². The lowest BCUT2D eigenvalue weighted by Crippen LogP contribution is -2.13. The van der Waals surface area contributed by atoms with Gasteiger partial charge in [0.2, 0.25) is 0 Å². The van der Waals surface area contributed by atoms with Gasteiger partial charge in [0.25, 0.3) is 5.91 Å². The second-order valence-corrected chi connectivity index (χ2v) is 5.75. The molecule has 0 spiro atoms. The van der Waals surface area contributed by atoms with Crippen molar-refractivity contribution in [2.45, 2.75) is 25.9 Å². The second kappa shape index (κ2) is 5.01. The number of anilines is 1. The molecule has 1 N–H and O–H groups in total. The van der Waals surface area contributed by atoms with Crippen LogP contribution in [0.3, 0.4) is 0 Å². The summed E-state index contributed by atoms with van der Waals surface area (Å²) in [5.74, 6) is 0.503. The zero-order chi connectivity index (χ0) is 13.2. The predicted molar refractivity (Wildman–Crippen MR) is 74.9 cm³/mol. The van der Waals surface area contributed by atoms with E-state index in [9.17, 15) is 4.79 Å². The molecule has 0 bridgehead atoms. The summed E-state index contributed by atoms with van der Waals surface area (Å²) in [5, 5.41) is 4.53. The summed E-state index contributed by atoms with van der Waals surface area (Å²) in [6, 6.07) is 7.34. The largest absolute Gasteiger partial charge is 0.490 e. The van der Waals surface area contributed by atoms with E-state index in [-0.39, 0.29) is 12.0 Å². The molecule has 1 aromatic heterocycles. The molecular formula is C14H14N2O2S. The number of hydrogen-bond acceptors (Lipinski definition) is 4. The minimum absolute atomic E-state index is 0.153. The van der Waals surface area contributed by atoms with Crippen molar-refractivity contribution in [3.63, 3.8) is 0 Å². The van der Waals surface area contributed by atoms with Gasteiger partial charge < -0.3 is 10.1 Å². The van der Waals surface area contributed by atoms with Gasteiger partial charge in [0, 0.05) is 0 Å². The van der Waals surface area contributed by atoms with Gasteiger partial charge in [-0.15, -0.1) is 11.3 Å². The SMILES string of the molecule is Cc1ncc(NC(=O)c2ccccc2OC2CC2)s1. The number of aromatic nitrogens is 1. The van der Waals surface area contributed by atoms with E-state index < -0.39 is 0 Å². The van der Waals surface area contributed by atoms with Crippen LogP contribution in [-0.4, -0.2) is 17.0 Å². The molecule has 1 aliphatic carbocycles. The van der Waals surface area contributed by atoms with E-state index in [1.54, 1.807) is 12.3 Å². The number of carbonyl (C=O) groups is 1. The molecule has 0 unspecified atom stereocenters. The van der Waals surface area contributed by atoms with E-state index in [1.807, 2.05) is 25.1 Å². The van der Waals surface area contributed by atoms with Gasteiger partial charge in [0.1, 0.15) is 10.8 Å². The highest BCUT2D eigenvalue weighted by Gasteiger charge is 2.25. The van der Waals surface area contributed by atoms with Gasteiger partial charge in [-0.05, 0) is 31.9 Å². The van der Waals surface area contributed by atoms with E-state index >= 15 is 0 Å². The molecule has 0 aliphatic heterocycles. The summed E-state index contributed by atoms with van der Waals surface area (Å²) >= 11 is 1.46. The Hall–Kier alpha value is -1.88. The molecule has 0 radical (unpaired) electrons. The summed E-state index contributed by atoms with van der Waals surface area (Å²) in [5.41, 5.74) is 0.570. The highest BCUT2D eigenvalue weighted by Crippen LogP contribution is 2.29. The third kappa shape index (κ3) is 2.93. The molecule has 1 aromatic carbocycles. The molecule has 1 aliphatic rings. The lowest BCUT2D eigenvalue weighted by atomic mass is 10.2. The van der Waals surface area contributed by atoms with Crippen LogP contribution in [0.2, 0.25) is 0 Å². The van der Waals surface area contributed by atoms with Crippen LogP contribution in [-0.2, 0) is 0 Å². The Labute approximate surface area is 115 Å². The first-order valence-electron chi connectivity index (χ1n) is 6.22. The van der Waals surface area contributed by atoms with E-state index in [0.717, 1.165) is 22.9 Å². The number of ether oxygens (including phenoxy) is 1. The predicted octanol–water partition coefficient (Wildman–Crippen LogP) is 3.25. The summed E-state index contributed by atoms with van der Waals surface area (Å²) in [6.45, 7) is 1.91. The van der Waals surface area contributed by atoms with E-state index in [0.29, 0.717) is 11.3 Å². The smallest absolute Gasteiger partial charge is 0.260 e. The molecule has 1 heterocycles. The molecule has 2 aromatic rings. The van der Waals surface area contributed by atoms with Crippen molar-refractivity contribution in [2.24, 2.45) is 0 Å². The quantitative estimate of drug-likeness (QED) is 0.931. The second-order valence-electron chi connectivity index (χ2n) is 4.51. The minimum atomic E-state index is -0.153. The lowest BCUT2D eigenvalue weighted by molar-refractivity contribution is 0.102. The van der Waals surface area contributed by atoms with Crippen LogP contribution in [0.15, 0.2) is 30.5 Å². The number of nitrogens with zero attached hydrogens (tertiary/aromatic N) is 1. The van der Waals surface area contributed by atoms with Crippen LogP contribution in [0.25, 0.3) is 0 Å². The average Bonchev–Trinajstić information content (AvgIpc) is 3.12. The number of thiazole rings is 1. The molecule has 1 amide bonds. The van der Waals surface area contributed by atoms with Gasteiger partial charge in [-0.3, -0.25) is 4.79 Å². The molecule has 0 saturated heterocycles. The third-order valence-electron chi connectivity index (χ3n) is 2.81. The molecule has 1 fully saturated rings. The molecule has 98 valence electrons. The van der Waals surface area contributed by atoms with Crippen molar-refractivity contribution in [1.82, 2.24) is 4.98 Å². The van der Waals surface area contributed by atoms with Crippen molar-refractivity contribution in [1.29, 1.82) is 0 Å². The first-order chi connectivity index (χ1) is 9.22. The average molecular weight is 274 g/mol. The molecule has 1 saturated carbocycles. The van der Waals surface area contributed by atoms with Gasteiger partial charge >= 0.3 is 0 Å². The molecule has 5 heteroatoms. The normalized spacial score (nSPS) is 14.2. The van der Waals surface area contributed by atoms with Crippen molar-refractivity contribution in [3.05, 3.63) is 41.0 Å². The summed E-state index contributed by atoms with van der Waals surface area (Å²) in [4.78, 5) is 16.4. The van der Waals surface area contributed by atoms with Gasteiger partial charge in [0.15, 0.2) is 0 Å². The molecule has 4 nitrogen and oxygen atoms in total. The molecule has 3 rings (SSSR count). The van der Waals surface area contributed by atoms with E-state index in [2.05, 4.69) is 10.3 Å². The van der Waals surface area contributed by atoms with E-state index in [4.69, 9.17) is 4.74 Å². The number of rotatable bonds is 4. The summed E-state index contributed by atoms with van der Waals surface area (Å²) in [6.07, 6.45) is 4.09. The lowest BCUT2D eigenvalue weighted by Gasteiger charge is -2.10. The molecule has 19 heavy (non-hydrogen) atoms. The number of carbonyl (C=O) groups excluding carboxylic acids is 1. The van der Waals surface area contributed by atoms with Gasteiger partial charge in [-0.25, -0.2) is 4.98 Å². The first kappa shape index (κ1) is 12.2. The third-order valence-corrected chi connectivity index (χ3v) is 3.64. The number of nitrogens with one attached hydrogen (secondary N) is 1. The zero-order valence-electron chi connectivity index (χ0n) is 10.6. The van der Waals surface area contributed by atoms with Gasteiger partial charge in [0.05, 0.1) is 22.9 Å². The number of benzene rings is 1. The Balaban J connectivity index is 1.78. The van der Waals surface area contributed by atoms with Crippen LogP contribution in [0.5, 0.6) is 5.75 Å². The maximum Gasteiger partial charge on any atom is 0.260 e. The van der Waals surface area contributed by atoms with Crippen LogP contribution < -0.4 is 10.1 Å². The topological polar surface area (TPSA) is 51.2 Å². The van der Waals surface area contributed by atoms with Crippen LogP contribution >= 0.6 is 11.3 Å². The maximum absolute atomic E-state index is 12.2. The zero-order valence-corrected chi connectivity index (χ0v) is 11.4. The highest BCUT2D eigenvalue weighted by molar-refractivity contribution is 7.15. The Morgan fingerprint density at radius 2 is 2.21 bits per heavy atom. The summed E-state index contributed by atoms with van der Waals surface area (Å²) in [7, 11) is 0. The number of amides is 1. The van der Waals surface area contributed by atoms with Crippen LogP contribution in [0.1, 0.15) is 28.2 Å². The Kier molecular flexibility index (Phi) is 3.21. The standard InChI is InChI=1S/C14H14N2O2S/c1-9-15-8-13(19-9)16-14(17)11-4-2-3-5-12(11)18-10-6-7-10/h2-5,8,10H,6-7H2,1H3,(H,16,17). The fourth-order valence-electron chi connectivity index (χ4n) is 1.72. The number of aryl methyl sites for hydroxylation is 1. The van der Waals surface area contributed by atoms with Gasteiger partial charge in [-0.2, -0.15) is 0 Å². The Bertz CT molecular complexity index is 605.